The average molecular weight is 445 g/mol. The van der Waals surface area contributed by atoms with Gasteiger partial charge in [0.15, 0.2) is 5.82 Å². The van der Waals surface area contributed by atoms with Crippen LogP contribution in [0.2, 0.25) is 0 Å². The van der Waals surface area contributed by atoms with E-state index in [1.165, 1.54) is 54.3 Å². The van der Waals surface area contributed by atoms with E-state index in [2.05, 4.69) is 10.1 Å². The molecule has 1 aliphatic heterocycles. The maximum Gasteiger partial charge on any atom is 0.243 e. The highest BCUT2D eigenvalue weighted by atomic mass is 32.2. The number of aromatic nitrogens is 2. The number of piperidine rings is 1. The van der Waals surface area contributed by atoms with Crippen LogP contribution in [0.4, 0.5) is 0 Å². The Labute approximate surface area is 183 Å². The molecule has 2 aromatic rings. The third-order valence-electron chi connectivity index (χ3n) is 6.14. The number of hydrogen-bond acceptors (Lipinski definition) is 7. The Morgan fingerprint density at radius 1 is 1.16 bits per heavy atom. The third kappa shape index (κ3) is 5.32. The van der Waals surface area contributed by atoms with Gasteiger partial charge >= 0.3 is 0 Å². The summed E-state index contributed by atoms with van der Waals surface area (Å²) in [7, 11) is -3.63. The maximum atomic E-state index is 13.0. The van der Waals surface area contributed by atoms with Crippen molar-refractivity contribution in [3.05, 3.63) is 41.5 Å². The highest BCUT2D eigenvalue weighted by Gasteiger charge is 2.33. The van der Waals surface area contributed by atoms with Crippen molar-refractivity contribution in [2.45, 2.75) is 55.8 Å². The first-order chi connectivity index (χ1) is 15.1. The predicted molar refractivity (Wildman–Crippen MR) is 113 cm³/mol. The van der Waals surface area contributed by atoms with Crippen LogP contribution in [0.3, 0.4) is 0 Å². The molecule has 4 rings (SSSR count). The van der Waals surface area contributed by atoms with Gasteiger partial charge in [0.1, 0.15) is 0 Å². The first-order valence-corrected chi connectivity index (χ1v) is 12.4. The summed E-state index contributed by atoms with van der Waals surface area (Å²) in [5.41, 5.74) is 0.432. The van der Waals surface area contributed by atoms with Gasteiger partial charge in [0.2, 0.25) is 15.9 Å². The van der Waals surface area contributed by atoms with E-state index in [-0.39, 0.29) is 10.8 Å². The van der Waals surface area contributed by atoms with Crippen molar-refractivity contribution in [2.24, 2.45) is 5.92 Å². The van der Waals surface area contributed by atoms with E-state index in [0.717, 1.165) is 19.4 Å². The molecule has 1 saturated carbocycles. The summed E-state index contributed by atoms with van der Waals surface area (Å²) in [5.74, 6) is 1.66. The lowest BCUT2D eigenvalue weighted by Crippen LogP contribution is -2.39. The van der Waals surface area contributed by atoms with Crippen molar-refractivity contribution in [2.75, 3.05) is 26.3 Å². The molecule has 8 nitrogen and oxygen atoms in total. The van der Waals surface area contributed by atoms with E-state index in [0.29, 0.717) is 49.3 Å². The molecule has 1 unspecified atom stereocenters. The minimum absolute atomic E-state index is 0.123. The molecule has 1 saturated heterocycles. The van der Waals surface area contributed by atoms with Crippen LogP contribution in [-0.4, -0.2) is 49.2 Å². The summed E-state index contributed by atoms with van der Waals surface area (Å²) in [5, 5.41) is 13.0. The molecule has 1 atom stereocenters. The summed E-state index contributed by atoms with van der Waals surface area (Å²) in [4.78, 5) is 4.69. The van der Waals surface area contributed by atoms with Crippen molar-refractivity contribution >= 4 is 10.0 Å². The van der Waals surface area contributed by atoms with E-state index in [1.54, 1.807) is 0 Å². The second kappa shape index (κ2) is 9.90. The number of ether oxygens (including phenoxy) is 1. The molecule has 31 heavy (non-hydrogen) atoms. The molecule has 9 heteroatoms. The summed E-state index contributed by atoms with van der Waals surface area (Å²) < 4.78 is 38.7. The Morgan fingerprint density at radius 2 is 1.94 bits per heavy atom. The molecule has 1 aliphatic carbocycles. The van der Waals surface area contributed by atoms with Crippen LogP contribution >= 0.6 is 0 Å². The minimum Gasteiger partial charge on any atom is -0.381 e. The number of nitrogens with zero attached hydrogens (tertiary/aromatic N) is 4. The molecular weight excluding hydrogens is 416 g/mol. The predicted octanol–water partition coefficient (Wildman–Crippen LogP) is 3.26. The summed E-state index contributed by atoms with van der Waals surface area (Å²) in [6, 6.07) is 8.01. The lowest BCUT2D eigenvalue weighted by atomic mass is 10.00. The molecule has 0 N–H and O–H groups in total. The number of hydrogen-bond donors (Lipinski definition) is 0. The summed E-state index contributed by atoms with van der Waals surface area (Å²) >= 11 is 0. The zero-order valence-corrected chi connectivity index (χ0v) is 18.4. The molecule has 1 aromatic carbocycles. The van der Waals surface area contributed by atoms with E-state index >= 15 is 0 Å². The maximum absolute atomic E-state index is 13.0. The second-order valence-electron chi connectivity index (χ2n) is 8.36. The van der Waals surface area contributed by atoms with Crippen molar-refractivity contribution in [3.8, 4) is 6.07 Å². The standard InChI is InChI=1S/C22H28N4O4S/c23-14-17-7-9-20(10-8-17)31(27,28)26-12-3-6-19(15-26)22-24-21(25-30-22)11-13-29-16-18-4-1-2-5-18/h7-10,18-19H,1-6,11-13,15-16H2. The van der Waals surface area contributed by atoms with Crippen molar-refractivity contribution in [3.63, 3.8) is 0 Å². The molecule has 0 amide bonds. The molecule has 0 spiro atoms. The van der Waals surface area contributed by atoms with E-state index in [9.17, 15) is 8.42 Å². The highest BCUT2D eigenvalue weighted by molar-refractivity contribution is 7.89. The van der Waals surface area contributed by atoms with Crippen LogP contribution in [0.1, 0.15) is 61.7 Å². The normalized spacial score (nSPS) is 20.7. The fourth-order valence-corrected chi connectivity index (χ4v) is 5.86. The first kappa shape index (κ1) is 21.9. The molecule has 1 aromatic heterocycles. The number of benzene rings is 1. The monoisotopic (exact) mass is 444 g/mol. The third-order valence-corrected chi connectivity index (χ3v) is 8.02. The van der Waals surface area contributed by atoms with Crippen LogP contribution in [0.5, 0.6) is 0 Å². The largest absolute Gasteiger partial charge is 0.381 e. The van der Waals surface area contributed by atoms with Crippen molar-refractivity contribution in [1.29, 1.82) is 5.26 Å². The van der Waals surface area contributed by atoms with Crippen molar-refractivity contribution < 1.29 is 17.7 Å². The zero-order chi connectivity index (χ0) is 21.7. The molecule has 2 heterocycles. The van der Waals surface area contributed by atoms with Gasteiger partial charge < -0.3 is 9.26 Å². The van der Waals surface area contributed by atoms with Gasteiger partial charge in [-0.3, -0.25) is 0 Å². The SMILES string of the molecule is N#Cc1ccc(S(=O)(=O)N2CCCC(c3nc(CCOCC4CCCC4)no3)C2)cc1. The minimum atomic E-state index is -3.63. The zero-order valence-electron chi connectivity index (χ0n) is 17.6. The van der Waals surface area contributed by atoms with E-state index in [1.807, 2.05) is 6.07 Å². The molecule has 2 aliphatic rings. The smallest absolute Gasteiger partial charge is 0.243 e. The Kier molecular flexibility index (Phi) is 7.00. The lowest BCUT2D eigenvalue weighted by molar-refractivity contribution is 0.102. The van der Waals surface area contributed by atoms with Crippen LogP contribution in [0.25, 0.3) is 0 Å². The topological polar surface area (TPSA) is 109 Å². The Bertz CT molecular complexity index is 1010. The molecule has 166 valence electrons. The Balaban J connectivity index is 1.33. The van der Waals surface area contributed by atoms with Gasteiger partial charge in [-0.2, -0.15) is 14.6 Å². The fraction of sp³-hybridized carbons (Fsp3) is 0.591. The number of rotatable bonds is 8. The average Bonchev–Trinajstić information content (AvgIpc) is 3.49. The van der Waals surface area contributed by atoms with Gasteiger partial charge in [0.25, 0.3) is 0 Å². The van der Waals surface area contributed by atoms with Gasteiger partial charge in [-0.25, -0.2) is 8.42 Å². The van der Waals surface area contributed by atoms with Crippen LogP contribution in [-0.2, 0) is 21.2 Å². The van der Waals surface area contributed by atoms with Gasteiger partial charge in [-0.15, -0.1) is 0 Å². The Morgan fingerprint density at radius 3 is 2.68 bits per heavy atom. The first-order valence-electron chi connectivity index (χ1n) is 11.0. The molecule has 0 bridgehead atoms. The molecular formula is C22H28N4O4S. The van der Waals surface area contributed by atoms with Crippen molar-refractivity contribution in [1.82, 2.24) is 14.4 Å². The van der Waals surface area contributed by atoms with E-state index in [4.69, 9.17) is 14.5 Å². The van der Waals surface area contributed by atoms with E-state index < -0.39 is 10.0 Å². The highest BCUT2D eigenvalue weighted by Crippen LogP contribution is 2.30. The van der Waals surface area contributed by atoms with Gasteiger partial charge in [0.05, 0.1) is 29.1 Å². The fourth-order valence-electron chi connectivity index (χ4n) is 4.34. The summed E-state index contributed by atoms with van der Waals surface area (Å²) in [6.45, 7) is 2.13. The summed E-state index contributed by atoms with van der Waals surface area (Å²) in [6.07, 6.45) is 7.26. The second-order valence-corrected chi connectivity index (χ2v) is 10.3. The lowest BCUT2D eigenvalue weighted by Gasteiger charge is -2.30. The van der Waals surface area contributed by atoms with Gasteiger partial charge in [-0.05, 0) is 55.9 Å². The number of sulfonamides is 1. The Hall–Kier alpha value is -2.28. The van der Waals surface area contributed by atoms with Crippen LogP contribution in [0.15, 0.2) is 33.7 Å². The van der Waals surface area contributed by atoms with Crippen LogP contribution in [0, 0.1) is 17.2 Å². The molecule has 0 radical (unpaired) electrons. The number of nitriles is 1. The quantitative estimate of drug-likeness (QED) is 0.575. The van der Waals surface area contributed by atoms with Gasteiger partial charge in [-0.1, -0.05) is 18.0 Å². The van der Waals surface area contributed by atoms with Gasteiger partial charge in [0, 0.05) is 26.1 Å². The molecule has 2 fully saturated rings. The van der Waals surface area contributed by atoms with Crippen LogP contribution < -0.4 is 0 Å².